The van der Waals surface area contributed by atoms with Gasteiger partial charge in [-0.25, -0.2) is 8.42 Å². The van der Waals surface area contributed by atoms with Gasteiger partial charge in [0, 0.05) is 16.7 Å². The Morgan fingerprint density at radius 2 is 2.12 bits per heavy atom. The number of benzene rings is 1. The van der Waals surface area contributed by atoms with Gasteiger partial charge < -0.3 is 4.74 Å². The molecule has 0 radical (unpaired) electrons. The van der Waals surface area contributed by atoms with E-state index in [-0.39, 0.29) is 23.8 Å². The SMILES string of the molecule is Cc1c(OCCS(=O)(=O)Cl)cccc1[N+](=O)[O-]. The fraction of sp³-hybridized carbons (Fsp3) is 0.333. The average Bonchev–Trinajstić information content (AvgIpc) is 2.18. The minimum absolute atomic E-state index is 0.0729. The van der Waals surface area contributed by atoms with Crippen LogP contribution in [0.4, 0.5) is 5.69 Å². The standard InChI is InChI=1S/C9H10ClNO5S/c1-7-8(11(12)13)3-2-4-9(7)16-5-6-17(10,14)15/h2-4H,5-6H2,1H3. The van der Waals surface area contributed by atoms with Crippen LogP contribution in [0, 0.1) is 17.0 Å². The van der Waals surface area contributed by atoms with E-state index in [9.17, 15) is 18.5 Å². The largest absolute Gasteiger partial charge is 0.492 e. The number of nitrogens with zero attached hydrogens (tertiary/aromatic N) is 1. The Bertz CT molecular complexity index is 528. The third-order valence-corrected chi connectivity index (χ3v) is 3.15. The first-order chi connectivity index (χ1) is 7.81. The van der Waals surface area contributed by atoms with Gasteiger partial charge in [0.1, 0.15) is 12.4 Å². The van der Waals surface area contributed by atoms with Crippen molar-refractivity contribution in [1.82, 2.24) is 0 Å². The van der Waals surface area contributed by atoms with Crippen LogP contribution in [0.25, 0.3) is 0 Å². The highest BCUT2D eigenvalue weighted by atomic mass is 35.7. The number of rotatable bonds is 5. The number of nitro groups is 1. The first-order valence-electron chi connectivity index (χ1n) is 4.60. The monoisotopic (exact) mass is 279 g/mol. The molecule has 17 heavy (non-hydrogen) atoms. The van der Waals surface area contributed by atoms with Gasteiger partial charge in [-0.1, -0.05) is 6.07 Å². The van der Waals surface area contributed by atoms with Crippen LogP contribution in [0.5, 0.6) is 5.75 Å². The summed E-state index contributed by atoms with van der Waals surface area (Å²) < 4.78 is 26.5. The van der Waals surface area contributed by atoms with Crippen molar-refractivity contribution in [2.75, 3.05) is 12.4 Å². The summed E-state index contributed by atoms with van der Waals surface area (Å²) in [6, 6.07) is 4.35. The van der Waals surface area contributed by atoms with Crippen LogP contribution < -0.4 is 4.74 Å². The van der Waals surface area contributed by atoms with Crippen molar-refractivity contribution in [3.63, 3.8) is 0 Å². The Labute approximate surface area is 103 Å². The summed E-state index contributed by atoms with van der Waals surface area (Å²) in [5.74, 6) is -0.0732. The summed E-state index contributed by atoms with van der Waals surface area (Å²) in [5, 5.41) is 10.6. The first-order valence-corrected chi connectivity index (χ1v) is 7.08. The Hall–Kier alpha value is -1.34. The fourth-order valence-electron chi connectivity index (χ4n) is 1.21. The average molecular weight is 280 g/mol. The van der Waals surface area contributed by atoms with Crippen molar-refractivity contribution in [1.29, 1.82) is 0 Å². The second-order valence-corrected chi connectivity index (χ2v) is 6.15. The summed E-state index contributed by atoms with van der Waals surface area (Å²) in [5.41, 5.74) is 0.278. The Morgan fingerprint density at radius 3 is 2.65 bits per heavy atom. The van der Waals surface area contributed by atoms with E-state index in [1.54, 1.807) is 0 Å². The lowest BCUT2D eigenvalue weighted by molar-refractivity contribution is -0.385. The van der Waals surface area contributed by atoms with Crippen LogP contribution in [0.1, 0.15) is 5.56 Å². The molecule has 0 amide bonds. The van der Waals surface area contributed by atoms with E-state index in [2.05, 4.69) is 0 Å². The highest BCUT2D eigenvalue weighted by Crippen LogP contribution is 2.26. The molecule has 0 spiro atoms. The van der Waals surface area contributed by atoms with E-state index in [4.69, 9.17) is 15.4 Å². The number of hydrogen-bond acceptors (Lipinski definition) is 5. The van der Waals surface area contributed by atoms with Crippen LogP contribution >= 0.6 is 10.7 Å². The molecule has 94 valence electrons. The van der Waals surface area contributed by atoms with Gasteiger partial charge in [0.25, 0.3) is 5.69 Å². The topological polar surface area (TPSA) is 86.5 Å². The molecule has 1 aromatic carbocycles. The molecular formula is C9H10ClNO5S. The number of ether oxygens (including phenoxy) is 1. The maximum Gasteiger partial charge on any atom is 0.276 e. The molecule has 0 bridgehead atoms. The zero-order chi connectivity index (χ0) is 13.1. The predicted molar refractivity (Wildman–Crippen MR) is 63.0 cm³/mol. The van der Waals surface area contributed by atoms with E-state index in [0.29, 0.717) is 5.56 Å². The van der Waals surface area contributed by atoms with E-state index >= 15 is 0 Å². The lowest BCUT2D eigenvalue weighted by atomic mass is 10.2. The molecule has 0 fully saturated rings. The third kappa shape index (κ3) is 4.20. The molecule has 0 atom stereocenters. The quantitative estimate of drug-likeness (QED) is 0.466. The molecule has 0 aliphatic heterocycles. The second-order valence-electron chi connectivity index (χ2n) is 3.25. The summed E-state index contributed by atoms with van der Waals surface area (Å²) >= 11 is 0. The third-order valence-electron chi connectivity index (χ3n) is 2.04. The zero-order valence-corrected chi connectivity index (χ0v) is 10.5. The maximum atomic E-state index is 10.7. The van der Waals surface area contributed by atoms with Crippen molar-refractivity contribution < 1.29 is 18.1 Å². The molecule has 0 heterocycles. The Kier molecular flexibility index (Phi) is 4.30. The molecule has 0 unspecified atom stereocenters. The highest BCUT2D eigenvalue weighted by Gasteiger charge is 2.14. The van der Waals surface area contributed by atoms with Gasteiger partial charge in [0.15, 0.2) is 0 Å². The minimum atomic E-state index is -3.62. The Morgan fingerprint density at radius 1 is 1.47 bits per heavy atom. The predicted octanol–water partition coefficient (Wildman–Crippen LogP) is 1.85. The van der Waals surface area contributed by atoms with Crippen molar-refractivity contribution in [3.8, 4) is 5.75 Å². The summed E-state index contributed by atoms with van der Waals surface area (Å²) in [6.07, 6.45) is 0. The van der Waals surface area contributed by atoms with Crippen molar-refractivity contribution in [2.24, 2.45) is 0 Å². The highest BCUT2D eigenvalue weighted by molar-refractivity contribution is 8.13. The zero-order valence-electron chi connectivity index (χ0n) is 8.92. The molecule has 0 aliphatic carbocycles. The lowest BCUT2D eigenvalue weighted by Gasteiger charge is -2.07. The molecule has 0 N–H and O–H groups in total. The van der Waals surface area contributed by atoms with E-state index in [1.807, 2.05) is 0 Å². The van der Waals surface area contributed by atoms with Gasteiger partial charge in [0.2, 0.25) is 9.05 Å². The number of hydrogen-bond donors (Lipinski definition) is 0. The summed E-state index contributed by atoms with van der Waals surface area (Å²) in [4.78, 5) is 10.1. The van der Waals surface area contributed by atoms with Gasteiger partial charge in [-0.05, 0) is 13.0 Å². The molecule has 8 heteroatoms. The molecule has 6 nitrogen and oxygen atoms in total. The maximum absolute atomic E-state index is 10.7. The minimum Gasteiger partial charge on any atom is -0.492 e. The van der Waals surface area contributed by atoms with Crippen LogP contribution in [0.15, 0.2) is 18.2 Å². The molecule has 1 aromatic rings. The Balaban J connectivity index is 2.79. The molecule has 1 rings (SSSR count). The van der Waals surface area contributed by atoms with E-state index in [0.717, 1.165) is 0 Å². The molecular weight excluding hydrogens is 270 g/mol. The molecule has 0 saturated heterocycles. The summed E-state index contributed by atoms with van der Waals surface area (Å²) in [7, 11) is 1.38. The van der Waals surface area contributed by atoms with Crippen LogP contribution in [0.2, 0.25) is 0 Å². The van der Waals surface area contributed by atoms with Crippen molar-refractivity contribution >= 4 is 25.4 Å². The van der Waals surface area contributed by atoms with Gasteiger partial charge in [0.05, 0.1) is 16.2 Å². The second kappa shape index (κ2) is 5.33. The normalized spacial score (nSPS) is 11.2. The van der Waals surface area contributed by atoms with Crippen LogP contribution in [-0.4, -0.2) is 25.7 Å². The van der Waals surface area contributed by atoms with Gasteiger partial charge in [-0.2, -0.15) is 0 Å². The van der Waals surface area contributed by atoms with Gasteiger partial charge >= 0.3 is 0 Å². The molecule has 0 aromatic heterocycles. The first kappa shape index (κ1) is 13.7. The van der Waals surface area contributed by atoms with Crippen LogP contribution in [0.3, 0.4) is 0 Å². The van der Waals surface area contributed by atoms with E-state index in [1.165, 1.54) is 25.1 Å². The van der Waals surface area contributed by atoms with Gasteiger partial charge in [-0.3, -0.25) is 10.1 Å². The van der Waals surface area contributed by atoms with Gasteiger partial charge in [-0.15, -0.1) is 0 Å². The lowest BCUT2D eigenvalue weighted by Crippen LogP contribution is -2.09. The smallest absolute Gasteiger partial charge is 0.276 e. The molecule has 0 saturated carbocycles. The van der Waals surface area contributed by atoms with E-state index < -0.39 is 14.0 Å². The fourth-order valence-corrected chi connectivity index (χ4v) is 1.68. The van der Waals surface area contributed by atoms with Crippen LogP contribution in [-0.2, 0) is 9.05 Å². The summed E-state index contributed by atoms with van der Waals surface area (Å²) in [6.45, 7) is 1.39. The number of nitro benzene ring substituents is 1. The molecule has 0 aliphatic rings. The van der Waals surface area contributed by atoms with Crippen molar-refractivity contribution in [3.05, 3.63) is 33.9 Å². The van der Waals surface area contributed by atoms with Crippen molar-refractivity contribution in [2.45, 2.75) is 6.92 Å². The number of halogens is 1.